The van der Waals surface area contributed by atoms with Crippen LogP contribution in [0, 0.1) is 5.82 Å². The number of ether oxygens (including phenoxy) is 2. The molecule has 198 valence electrons. The molecule has 0 saturated carbocycles. The third-order valence-corrected chi connectivity index (χ3v) is 8.72. The maximum Gasteiger partial charge on any atom is 0.280 e. The van der Waals surface area contributed by atoms with E-state index in [-0.39, 0.29) is 71.2 Å². The lowest BCUT2D eigenvalue weighted by Gasteiger charge is -2.33. The first-order valence-corrected chi connectivity index (χ1v) is 13.6. The number of fused-ring (bicyclic) bond motifs is 7. The van der Waals surface area contributed by atoms with Crippen LogP contribution in [0.1, 0.15) is 42.4 Å². The Balaban J connectivity index is 1.89. The summed E-state index contributed by atoms with van der Waals surface area (Å²) in [5.74, 6) is -0.825. The average Bonchev–Trinajstić information content (AvgIpc) is 3.22. The highest BCUT2D eigenvalue weighted by Crippen LogP contribution is 2.41. The number of anilines is 1. The van der Waals surface area contributed by atoms with Gasteiger partial charge in [0.25, 0.3) is 11.5 Å². The molecule has 2 aliphatic heterocycles. The van der Waals surface area contributed by atoms with Gasteiger partial charge in [0.05, 0.1) is 26.0 Å². The van der Waals surface area contributed by atoms with Crippen molar-refractivity contribution in [3.8, 4) is 11.5 Å². The van der Waals surface area contributed by atoms with Gasteiger partial charge in [-0.3, -0.25) is 13.9 Å². The summed E-state index contributed by atoms with van der Waals surface area (Å²) in [6, 6.07) is 3.68. The van der Waals surface area contributed by atoms with Gasteiger partial charge in [0.2, 0.25) is 10.0 Å². The van der Waals surface area contributed by atoms with Crippen molar-refractivity contribution >= 4 is 32.7 Å². The normalized spacial score (nSPS) is 19.5. The van der Waals surface area contributed by atoms with Crippen LogP contribution in [0.25, 0.3) is 10.9 Å². The van der Waals surface area contributed by atoms with Gasteiger partial charge in [-0.05, 0) is 26.3 Å². The number of halogens is 1. The summed E-state index contributed by atoms with van der Waals surface area (Å²) in [4.78, 5) is 28.9. The van der Waals surface area contributed by atoms with Gasteiger partial charge >= 0.3 is 0 Å². The average molecular weight is 534 g/mol. The Morgan fingerprint density at radius 3 is 2.73 bits per heavy atom. The van der Waals surface area contributed by atoms with Gasteiger partial charge in [-0.15, -0.1) is 5.10 Å². The molecular formula is C24H28FN5O6S. The molecule has 1 aromatic carbocycles. The summed E-state index contributed by atoms with van der Waals surface area (Å²) in [6.07, 6.45) is 0.154. The molecule has 11 nitrogen and oxygen atoms in total. The number of benzene rings is 1. The Kier molecular flexibility index (Phi) is 6.13. The number of aromatic nitrogens is 3. The molecule has 0 aliphatic carbocycles. The first-order chi connectivity index (χ1) is 17.6. The molecule has 2 aromatic heterocycles. The van der Waals surface area contributed by atoms with Crippen LogP contribution in [0.4, 0.5) is 10.2 Å². The van der Waals surface area contributed by atoms with E-state index in [9.17, 15) is 22.4 Å². The van der Waals surface area contributed by atoms with E-state index in [0.717, 1.165) is 8.99 Å². The van der Waals surface area contributed by atoms with Crippen molar-refractivity contribution in [1.29, 1.82) is 0 Å². The van der Waals surface area contributed by atoms with E-state index in [1.54, 1.807) is 9.47 Å². The minimum absolute atomic E-state index is 0.00824. The zero-order chi connectivity index (χ0) is 26.6. The van der Waals surface area contributed by atoms with Gasteiger partial charge < -0.3 is 18.9 Å². The molecule has 5 rings (SSSR count). The smallest absolute Gasteiger partial charge is 0.280 e. The third kappa shape index (κ3) is 3.92. The number of sulfonamides is 1. The van der Waals surface area contributed by atoms with Crippen molar-refractivity contribution in [2.24, 2.45) is 0 Å². The fourth-order valence-corrected chi connectivity index (χ4v) is 6.18. The van der Waals surface area contributed by atoms with Crippen LogP contribution in [0.5, 0.6) is 11.5 Å². The fraction of sp³-hybridized carbons (Fsp3) is 0.458. The lowest BCUT2D eigenvalue weighted by molar-refractivity contribution is 0.0685. The topological polar surface area (TPSA) is 116 Å². The lowest BCUT2D eigenvalue weighted by Crippen LogP contribution is -2.42. The Morgan fingerprint density at radius 1 is 1.27 bits per heavy atom. The number of hydrogen-bond acceptors (Lipinski definition) is 7. The number of rotatable bonds is 2. The van der Waals surface area contributed by atoms with E-state index in [0.29, 0.717) is 18.7 Å². The van der Waals surface area contributed by atoms with Crippen molar-refractivity contribution in [3.63, 3.8) is 0 Å². The molecule has 3 aromatic rings. The molecular weight excluding hydrogens is 505 g/mol. The number of nitrogens with zero attached hydrogens (tertiary/aromatic N) is 5. The van der Waals surface area contributed by atoms with E-state index >= 15 is 0 Å². The maximum absolute atomic E-state index is 14.0. The molecule has 0 spiro atoms. The number of hydrogen-bond donors (Lipinski definition) is 0. The number of amides is 1. The highest BCUT2D eigenvalue weighted by molar-refractivity contribution is 7.92. The first kappa shape index (κ1) is 25.1. The highest BCUT2D eigenvalue weighted by atomic mass is 32.2. The standard InChI is InChI=1S/C24H28FN5O6S/c1-5-28-12-14(2)30-19-18(21(35-4)20(30)24(28)32)23(31)29-13-15-7-8-16(25)11-17(15)36-9-6-10-37(33,34)27(3)22(19)26-29/h7-8,11,14H,5-6,9-10,12-13H2,1-4H3/t14-/m0/s1. The van der Waals surface area contributed by atoms with Gasteiger partial charge in [-0.2, -0.15) is 0 Å². The Bertz CT molecular complexity index is 1580. The van der Waals surface area contributed by atoms with E-state index in [2.05, 4.69) is 5.10 Å². The van der Waals surface area contributed by atoms with Crippen LogP contribution in [0.15, 0.2) is 23.0 Å². The number of methoxy groups -OCH3 is 1. The summed E-state index contributed by atoms with van der Waals surface area (Å²) >= 11 is 0. The second kappa shape index (κ2) is 9.05. The van der Waals surface area contributed by atoms with Gasteiger partial charge in [0.15, 0.2) is 17.3 Å². The molecule has 0 unspecified atom stereocenters. The molecule has 0 fully saturated rings. The van der Waals surface area contributed by atoms with Crippen LogP contribution in [0.2, 0.25) is 0 Å². The van der Waals surface area contributed by atoms with Crippen molar-refractivity contribution < 1.29 is 27.1 Å². The molecule has 13 heteroatoms. The summed E-state index contributed by atoms with van der Waals surface area (Å²) in [5, 5.41) is 4.55. The van der Waals surface area contributed by atoms with Gasteiger partial charge in [-0.25, -0.2) is 17.5 Å². The summed E-state index contributed by atoms with van der Waals surface area (Å²) in [7, 11) is -1.15. The third-order valence-electron chi connectivity index (χ3n) is 6.91. The summed E-state index contributed by atoms with van der Waals surface area (Å²) in [5.41, 5.74) is 0.330. The van der Waals surface area contributed by atoms with Crippen molar-refractivity contribution in [1.82, 2.24) is 19.2 Å². The molecule has 0 N–H and O–H groups in total. The molecule has 0 radical (unpaired) electrons. The van der Waals surface area contributed by atoms with Crippen LogP contribution >= 0.6 is 0 Å². The van der Waals surface area contributed by atoms with Crippen LogP contribution < -0.4 is 19.3 Å². The first-order valence-electron chi connectivity index (χ1n) is 12.0. The van der Waals surface area contributed by atoms with Gasteiger partial charge in [0.1, 0.15) is 22.5 Å². The van der Waals surface area contributed by atoms with Crippen molar-refractivity contribution in [3.05, 3.63) is 45.6 Å². The maximum atomic E-state index is 14.0. The largest absolute Gasteiger partial charge is 0.493 e. The molecule has 0 saturated heterocycles. The zero-order valence-corrected chi connectivity index (χ0v) is 21.8. The van der Waals surface area contributed by atoms with Crippen LogP contribution in [-0.4, -0.2) is 73.2 Å². The van der Waals surface area contributed by atoms with Gasteiger partial charge in [0, 0.05) is 37.8 Å². The zero-order valence-electron chi connectivity index (χ0n) is 21.0. The second-order valence-corrected chi connectivity index (χ2v) is 11.3. The second-order valence-electron chi connectivity index (χ2n) is 9.19. The van der Waals surface area contributed by atoms with E-state index in [1.165, 1.54) is 32.4 Å². The van der Waals surface area contributed by atoms with E-state index in [1.807, 2.05) is 13.8 Å². The Labute approximate surface area is 213 Å². The molecule has 1 atom stereocenters. The summed E-state index contributed by atoms with van der Waals surface area (Å²) < 4.78 is 55.7. The lowest BCUT2D eigenvalue weighted by atomic mass is 10.2. The number of likely N-dealkylation sites (N-methyl/N-ethyl adjacent to an activating group) is 1. The predicted octanol–water partition coefficient (Wildman–Crippen LogP) is 1.98. The molecule has 37 heavy (non-hydrogen) atoms. The predicted molar refractivity (Wildman–Crippen MR) is 135 cm³/mol. The Morgan fingerprint density at radius 2 is 2.03 bits per heavy atom. The van der Waals surface area contributed by atoms with Gasteiger partial charge in [-0.1, -0.05) is 6.07 Å². The molecule has 1 amide bonds. The number of carbonyl (C=O) groups is 1. The van der Waals surface area contributed by atoms with Crippen LogP contribution in [0.3, 0.4) is 0 Å². The minimum atomic E-state index is -3.89. The number of carbonyl (C=O) groups excluding carboxylic acids is 1. The van der Waals surface area contributed by atoms with E-state index < -0.39 is 21.4 Å². The van der Waals surface area contributed by atoms with Crippen LogP contribution in [-0.2, 0) is 16.6 Å². The fourth-order valence-electron chi connectivity index (χ4n) is 5.03. The molecule has 4 heterocycles. The Hall–Kier alpha value is -3.61. The van der Waals surface area contributed by atoms with E-state index in [4.69, 9.17) is 9.47 Å². The SMILES string of the molecule is CCN1C[C@H](C)n2c(c(OC)c3c(=O)n4nc(c32)N(C)S(=O)(=O)CCCOc2cc(F)ccc2C4)C1=O. The molecule has 2 aliphatic rings. The molecule has 2 bridgehead atoms. The quantitative estimate of drug-likeness (QED) is 0.495. The van der Waals surface area contributed by atoms with Crippen molar-refractivity contribution in [2.75, 3.05) is 43.9 Å². The minimum Gasteiger partial charge on any atom is -0.493 e. The van der Waals surface area contributed by atoms with Crippen molar-refractivity contribution in [2.45, 2.75) is 32.9 Å². The summed E-state index contributed by atoms with van der Waals surface area (Å²) in [6.45, 7) is 4.53. The highest BCUT2D eigenvalue weighted by Gasteiger charge is 2.39. The monoisotopic (exact) mass is 533 g/mol.